The van der Waals surface area contributed by atoms with Crippen LogP contribution < -0.4 is 4.90 Å². The third kappa shape index (κ3) is 4.12. The number of nitrogens with zero attached hydrogens (tertiary/aromatic N) is 2. The molecule has 1 heterocycles. The molecule has 8 aromatic rings. The maximum Gasteiger partial charge on any atom is 0.0870 e. The fraction of sp³-hybridized carbons (Fsp3) is 0.0222. The lowest BCUT2D eigenvalue weighted by Crippen LogP contribution is -2.31. The molecular weight excluding hydrogens is 569 g/mol. The molecule has 1 aromatic heterocycles. The van der Waals surface area contributed by atoms with Gasteiger partial charge < -0.3 is 9.47 Å². The molecule has 2 nitrogen and oxygen atoms in total. The van der Waals surface area contributed by atoms with Crippen molar-refractivity contribution in [2.75, 3.05) is 4.90 Å². The SMILES string of the molecule is c1ccc(N(c2ccccc2)c2ccc3c(c2)c2c(n3-c3ccccc3)C(c3ccccc3)(c3ccccc3)c3ccccc3-2)cc1. The second-order valence-electron chi connectivity index (χ2n) is 12.1. The Morgan fingerprint density at radius 2 is 0.915 bits per heavy atom. The normalized spacial score (nSPS) is 12.9. The van der Waals surface area contributed by atoms with E-state index in [1.54, 1.807) is 0 Å². The lowest BCUT2D eigenvalue weighted by Gasteiger charge is -2.34. The van der Waals surface area contributed by atoms with Gasteiger partial charge in [0, 0.05) is 33.7 Å². The molecule has 7 aromatic carbocycles. The summed E-state index contributed by atoms with van der Waals surface area (Å²) in [5.74, 6) is 0. The minimum atomic E-state index is -0.526. The first-order chi connectivity index (χ1) is 23.4. The average Bonchev–Trinajstić information content (AvgIpc) is 3.65. The number of rotatable bonds is 6. The zero-order valence-electron chi connectivity index (χ0n) is 25.9. The molecular formula is C45H32N2. The second kappa shape index (κ2) is 11.0. The first kappa shape index (κ1) is 27.2. The molecule has 0 saturated heterocycles. The zero-order valence-corrected chi connectivity index (χ0v) is 25.9. The highest BCUT2D eigenvalue weighted by atomic mass is 15.1. The molecule has 0 bridgehead atoms. The van der Waals surface area contributed by atoms with Crippen molar-refractivity contribution < 1.29 is 0 Å². The van der Waals surface area contributed by atoms with Crippen LogP contribution in [0.5, 0.6) is 0 Å². The topological polar surface area (TPSA) is 8.17 Å². The van der Waals surface area contributed by atoms with Crippen LogP contribution in [0.3, 0.4) is 0 Å². The summed E-state index contributed by atoms with van der Waals surface area (Å²) in [5, 5.41) is 1.24. The van der Waals surface area contributed by atoms with Crippen molar-refractivity contribution in [3.05, 3.63) is 217 Å². The molecule has 0 amide bonds. The van der Waals surface area contributed by atoms with Crippen LogP contribution in [0.2, 0.25) is 0 Å². The van der Waals surface area contributed by atoms with Gasteiger partial charge in [0.25, 0.3) is 0 Å². The number of hydrogen-bond donors (Lipinski definition) is 0. The van der Waals surface area contributed by atoms with E-state index in [9.17, 15) is 0 Å². The van der Waals surface area contributed by atoms with Gasteiger partial charge >= 0.3 is 0 Å². The molecule has 0 N–H and O–H groups in total. The number of benzene rings is 7. The lowest BCUT2D eigenvalue weighted by molar-refractivity contribution is 0.718. The molecule has 222 valence electrons. The van der Waals surface area contributed by atoms with Gasteiger partial charge in [0.2, 0.25) is 0 Å². The number of fused-ring (bicyclic) bond motifs is 5. The summed E-state index contributed by atoms with van der Waals surface area (Å²) in [7, 11) is 0. The molecule has 0 spiro atoms. The monoisotopic (exact) mass is 600 g/mol. The predicted octanol–water partition coefficient (Wildman–Crippen LogP) is 11.5. The third-order valence-electron chi connectivity index (χ3n) is 9.62. The number of aromatic nitrogens is 1. The van der Waals surface area contributed by atoms with Gasteiger partial charge in [-0.15, -0.1) is 0 Å². The minimum absolute atomic E-state index is 0.526. The molecule has 0 radical (unpaired) electrons. The smallest absolute Gasteiger partial charge is 0.0870 e. The van der Waals surface area contributed by atoms with Crippen molar-refractivity contribution in [3.63, 3.8) is 0 Å². The van der Waals surface area contributed by atoms with E-state index in [4.69, 9.17) is 0 Å². The van der Waals surface area contributed by atoms with E-state index in [1.165, 1.54) is 44.4 Å². The Balaban J connectivity index is 1.44. The summed E-state index contributed by atoms with van der Waals surface area (Å²) >= 11 is 0. The van der Waals surface area contributed by atoms with E-state index in [2.05, 4.69) is 204 Å². The molecule has 0 atom stereocenters. The van der Waals surface area contributed by atoms with Crippen molar-refractivity contribution in [2.45, 2.75) is 5.41 Å². The molecule has 0 fully saturated rings. The van der Waals surface area contributed by atoms with Crippen molar-refractivity contribution in [2.24, 2.45) is 0 Å². The maximum absolute atomic E-state index is 2.52. The quantitative estimate of drug-likeness (QED) is 0.184. The van der Waals surface area contributed by atoms with Crippen LogP contribution in [0.1, 0.15) is 22.4 Å². The van der Waals surface area contributed by atoms with Crippen LogP contribution in [0.15, 0.2) is 194 Å². The Morgan fingerprint density at radius 1 is 0.426 bits per heavy atom. The van der Waals surface area contributed by atoms with Crippen LogP contribution in [0.4, 0.5) is 17.1 Å². The number of hydrogen-bond acceptors (Lipinski definition) is 1. The molecule has 2 heteroatoms. The highest BCUT2D eigenvalue weighted by Gasteiger charge is 2.49. The zero-order chi connectivity index (χ0) is 31.2. The van der Waals surface area contributed by atoms with E-state index >= 15 is 0 Å². The van der Waals surface area contributed by atoms with E-state index in [-0.39, 0.29) is 0 Å². The first-order valence-corrected chi connectivity index (χ1v) is 16.2. The second-order valence-corrected chi connectivity index (χ2v) is 12.1. The standard InChI is InChI=1S/C45H32N2/c1-6-18-33(19-7-1)45(34-20-8-2-9-21-34)41-29-17-16-28-39(41)43-40-32-38(30-31-42(40)47(44(43)45)37-26-14-5-15-27-37)46(35-22-10-3-11-23-35)36-24-12-4-13-25-36/h1-32H. The van der Waals surface area contributed by atoms with Gasteiger partial charge in [-0.2, -0.15) is 0 Å². The summed E-state index contributed by atoms with van der Waals surface area (Å²) in [5.41, 5.74) is 12.9. The van der Waals surface area contributed by atoms with E-state index in [0.29, 0.717) is 0 Å². The molecule has 47 heavy (non-hydrogen) atoms. The van der Waals surface area contributed by atoms with Gasteiger partial charge in [-0.25, -0.2) is 0 Å². The summed E-state index contributed by atoms with van der Waals surface area (Å²) in [6.07, 6.45) is 0. The third-order valence-corrected chi connectivity index (χ3v) is 9.62. The largest absolute Gasteiger partial charge is 0.311 e. The molecule has 1 aliphatic rings. The van der Waals surface area contributed by atoms with Crippen molar-refractivity contribution in [1.82, 2.24) is 4.57 Å². The Kier molecular flexibility index (Phi) is 6.39. The number of para-hydroxylation sites is 3. The van der Waals surface area contributed by atoms with Gasteiger partial charge in [0.1, 0.15) is 0 Å². The highest BCUT2D eigenvalue weighted by Crippen LogP contribution is 2.59. The van der Waals surface area contributed by atoms with Gasteiger partial charge in [-0.05, 0) is 76.9 Å². The van der Waals surface area contributed by atoms with Gasteiger partial charge in [-0.3, -0.25) is 0 Å². The van der Waals surface area contributed by atoms with Gasteiger partial charge in [-0.1, -0.05) is 140 Å². The fourth-order valence-electron chi connectivity index (χ4n) is 7.78. The summed E-state index contributed by atoms with van der Waals surface area (Å²) < 4.78 is 2.52. The van der Waals surface area contributed by atoms with Gasteiger partial charge in [0.05, 0.1) is 16.6 Å². The van der Waals surface area contributed by atoms with Crippen molar-refractivity contribution >= 4 is 28.0 Å². The molecule has 0 aliphatic heterocycles. The Bertz CT molecular complexity index is 2250. The molecule has 0 saturated carbocycles. The molecule has 9 rings (SSSR count). The Labute approximate surface area is 275 Å². The highest BCUT2D eigenvalue weighted by molar-refractivity contribution is 6.06. The van der Waals surface area contributed by atoms with Crippen molar-refractivity contribution in [1.29, 1.82) is 0 Å². The van der Waals surface area contributed by atoms with E-state index < -0.39 is 5.41 Å². The van der Waals surface area contributed by atoms with Crippen LogP contribution in [-0.4, -0.2) is 4.57 Å². The first-order valence-electron chi connectivity index (χ1n) is 16.2. The maximum atomic E-state index is 2.52. The predicted molar refractivity (Wildman–Crippen MR) is 195 cm³/mol. The van der Waals surface area contributed by atoms with E-state index in [0.717, 1.165) is 22.7 Å². The van der Waals surface area contributed by atoms with Crippen LogP contribution >= 0.6 is 0 Å². The lowest BCUT2D eigenvalue weighted by atomic mass is 9.69. The van der Waals surface area contributed by atoms with Crippen LogP contribution in [-0.2, 0) is 5.41 Å². The summed E-state index contributed by atoms with van der Waals surface area (Å²) in [6, 6.07) is 70.3. The Hall–Kier alpha value is -6.12. The molecule has 1 aliphatic carbocycles. The van der Waals surface area contributed by atoms with Crippen LogP contribution in [0.25, 0.3) is 27.7 Å². The summed E-state index contributed by atoms with van der Waals surface area (Å²) in [4.78, 5) is 2.36. The average molecular weight is 601 g/mol. The fourth-order valence-corrected chi connectivity index (χ4v) is 7.78. The van der Waals surface area contributed by atoms with Crippen LogP contribution in [0, 0.1) is 0 Å². The molecule has 0 unspecified atom stereocenters. The van der Waals surface area contributed by atoms with E-state index in [1.807, 2.05) is 0 Å². The van der Waals surface area contributed by atoms with Crippen molar-refractivity contribution in [3.8, 4) is 16.8 Å². The summed E-state index contributed by atoms with van der Waals surface area (Å²) in [6.45, 7) is 0. The Morgan fingerprint density at radius 3 is 1.49 bits per heavy atom. The van der Waals surface area contributed by atoms with Gasteiger partial charge in [0.15, 0.2) is 0 Å². The minimum Gasteiger partial charge on any atom is -0.311 e. The number of anilines is 3.